The van der Waals surface area contributed by atoms with Crippen LogP contribution in [-0.2, 0) is 16.6 Å². The summed E-state index contributed by atoms with van der Waals surface area (Å²) in [6.07, 6.45) is 0. The van der Waals surface area contributed by atoms with Crippen molar-refractivity contribution in [3.63, 3.8) is 0 Å². The highest BCUT2D eigenvalue weighted by atomic mass is 35.5. The van der Waals surface area contributed by atoms with Gasteiger partial charge in [-0.3, -0.25) is 0 Å². The van der Waals surface area contributed by atoms with Crippen molar-refractivity contribution in [1.82, 2.24) is 14.9 Å². The number of nitrogens with one attached hydrogen (secondary N) is 1. The molecule has 0 saturated carbocycles. The Morgan fingerprint density at radius 1 is 1.35 bits per heavy atom. The Kier molecular flexibility index (Phi) is 4.19. The Labute approximate surface area is 125 Å². The zero-order chi connectivity index (χ0) is 14.9. The molecule has 0 bridgehead atoms. The maximum absolute atomic E-state index is 12.2. The molecule has 2 aromatic rings. The summed E-state index contributed by atoms with van der Waals surface area (Å²) in [4.78, 5) is 3.63. The van der Waals surface area contributed by atoms with Crippen LogP contribution in [0.25, 0.3) is 0 Å². The number of hydrogen-bond acceptors (Lipinski definition) is 6. The number of halogens is 2. The van der Waals surface area contributed by atoms with Gasteiger partial charge < -0.3 is 10.3 Å². The fourth-order valence-corrected chi connectivity index (χ4v) is 3.68. The highest BCUT2D eigenvalue weighted by Crippen LogP contribution is 2.31. The molecule has 0 aliphatic rings. The van der Waals surface area contributed by atoms with Crippen LogP contribution in [0.2, 0.25) is 10.0 Å². The highest BCUT2D eigenvalue weighted by molar-refractivity contribution is 7.89. The van der Waals surface area contributed by atoms with Gasteiger partial charge in [0, 0.05) is 5.69 Å². The third-order valence-corrected chi connectivity index (χ3v) is 4.59. The van der Waals surface area contributed by atoms with E-state index < -0.39 is 10.0 Å². The molecule has 1 aromatic heterocycles. The van der Waals surface area contributed by atoms with Gasteiger partial charge in [-0.25, -0.2) is 13.1 Å². The van der Waals surface area contributed by atoms with Crippen LogP contribution in [0.3, 0.4) is 0 Å². The van der Waals surface area contributed by atoms with Gasteiger partial charge in [0.1, 0.15) is 4.90 Å². The molecule has 0 fully saturated rings. The second-order valence-electron chi connectivity index (χ2n) is 3.87. The maximum atomic E-state index is 12.2. The van der Waals surface area contributed by atoms with E-state index in [9.17, 15) is 8.42 Å². The number of aromatic nitrogens is 2. The van der Waals surface area contributed by atoms with Crippen LogP contribution in [0, 0.1) is 6.92 Å². The quantitative estimate of drug-likeness (QED) is 0.822. The van der Waals surface area contributed by atoms with Crippen molar-refractivity contribution < 1.29 is 12.9 Å². The van der Waals surface area contributed by atoms with Crippen LogP contribution in [0.4, 0.5) is 5.69 Å². The molecular formula is C10H10Cl2N4O3S. The normalized spacial score (nSPS) is 11.8. The number of anilines is 1. The van der Waals surface area contributed by atoms with Crippen molar-refractivity contribution >= 4 is 38.9 Å². The number of benzene rings is 1. The minimum Gasteiger partial charge on any atom is -0.399 e. The second kappa shape index (κ2) is 5.57. The van der Waals surface area contributed by atoms with Crippen LogP contribution in [0.15, 0.2) is 21.6 Å². The molecule has 0 radical (unpaired) electrons. The first-order valence-corrected chi connectivity index (χ1v) is 7.57. The van der Waals surface area contributed by atoms with E-state index in [0.717, 1.165) is 0 Å². The molecule has 0 aliphatic heterocycles. The zero-order valence-electron chi connectivity index (χ0n) is 10.2. The van der Waals surface area contributed by atoms with Gasteiger partial charge in [0.05, 0.1) is 16.6 Å². The first-order chi connectivity index (χ1) is 9.29. The Morgan fingerprint density at radius 2 is 1.95 bits per heavy atom. The molecule has 0 atom stereocenters. The molecule has 3 N–H and O–H groups in total. The molecule has 0 saturated heterocycles. The van der Waals surface area contributed by atoms with Gasteiger partial charge in [0.15, 0.2) is 5.82 Å². The number of aryl methyl sites for hydroxylation is 1. The summed E-state index contributed by atoms with van der Waals surface area (Å²) in [6, 6.07) is 2.61. The molecule has 1 aromatic carbocycles. The molecule has 0 aliphatic carbocycles. The minimum absolute atomic E-state index is 0.0655. The van der Waals surface area contributed by atoms with Crippen LogP contribution in [0.5, 0.6) is 0 Å². The Balaban J connectivity index is 2.27. The molecule has 20 heavy (non-hydrogen) atoms. The van der Waals surface area contributed by atoms with Gasteiger partial charge in [0.25, 0.3) is 0 Å². The molecule has 0 unspecified atom stereocenters. The van der Waals surface area contributed by atoms with E-state index in [-0.39, 0.29) is 33.1 Å². The molecule has 108 valence electrons. The second-order valence-corrected chi connectivity index (χ2v) is 6.39. The van der Waals surface area contributed by atoms with Gasteiger partial charge in [-0.05, 0) is 19.1 Å². The average molecular weight is 337 g/mol. The van der Waals surface area contributed by atoms with E-state index in [0.29, 0.717) is 5.82 Å². The van der Waals surface area contributed by atoms with Gasteiger partial charge >= 0.3 is 0 Å². The van der Waals surface area contributed by atoms with E-state index in [4.69, 9.17) is 33.5 Å². The molecule has 7 nitrogen and oxygen atoms in total. The van der Waals surface area contributed by atoms with E-state index in [2.05, 4.69) is 14.9 Å². The van der Waals surface area contributed by atoms with Crippen LogP contribution >= 0.6 is 23.2 Å². The lowest BCUT2D eigenvalue weighted by atomic mass is 10.3. The van der Waals surface area contributed by atoms with E-state index in [1.807, 2.05) is 0 Å². The van der Waals surface area contributed by atoms with E-state index >= 15 is 0 Å². The minimum atomic E-state index is -3.92. The largest absolute Gasteiger partial charge is 0.399 e. The SMILES string of the molecule is Cc1noc(CNS(=O)(=O)c2c(Cl)cc(N)cc2Cl)n1. The van der Waals surface area contributed by atoms with E-state index in [1.165, 1.54) is 12.1 Å². The van der Waals surface area contributed by atoms with Crippen molar-refractivity contribution in [2.24, 2.45) is 0 Å². The number of hydrogen-bond donors (Lipinski definition) is 2. The maximum Gasteiger partial charge on any atom is 0.244 e. The van der Waals surface area contributed by atoms with Gasteiger partial charge in [-0.2, -0.15) is 4.98 Å². The first-order valence-electron chi connectivity index (χ1n) is 5.33. The lowest BCUT2D eigenvalue weighted by Crippen LogP contribution is -2.24. The molecule has 0 amide bonds. The first kappa shape index (κ1) is 15.0. The lowest BCUT2D eigenvalue weighted by molar-refractivity contribution is 0.372. The van der Waals surface area contributed by atoms with Crippen LogP contribution in [-0.4, -0.2) is 18.6 Å². The fourth-order valence-electron chi connectivity index (χ4n) is 1.48. The van der Waals surface area contributed by atoms with E-state index in [1.54, 1.807) is 6.92 Å². The monoisotopic (exact) mass is 336 g/mol. The summed E-state index contributed by atoms with van der Waals surface area (Å²) < 4.78 is 31.4. The van der Waals surface area contributed by atoms with Crippen molar-refractivity contribution in [3.05, 3.63) is 33.9 Å². The number of nitrogens with zero attached hydrogens (tertiary/aromatic N) is 2. The predicted molar refractivity (Wildman–Crippen MR) is 73.9 cm³/mol. The summed E-state index contributed by atoms with van der Waals surface area (Å²) in [7, 11) is -3.92. The standard InChI is InChI=1S/C10H10Cl2N4O3S/c1-5-15-9(19-16-5)4-14-20(17,18)10-7(11)2-6(13)3-8(10)12/h2-3,14H,4,13H2,1H3. The lowest BCUT2D eigenvalue weighted by Gasteiger charge is -2.09. The van der Waals surface area contributed by atoms with Gasteiger partial charge in [0.2, 0.25) is 15.9 Å². The van der Waals surface area contributed by atoms with Gasteiger partial charge in [-0.1, -0.05) is 28.4 Å². The summed E-state index contributed by atoms with van der Waals surface area (Å²) in [5.74, 6) is 0.538. The number of nitrogens with two attached hydrogens (primary N) is 1. The Bertz CT molecular complexity index is 722. The summed E-state index contributed by atoms with van der Waals surface area (Å²) in [5.41, 5.74) is 5.79. The molecule has 2 rings (SSSR count). The molecule has 0 spiro atoms. The van der Waals surface area contributed by atoms with Crippen molar-refractivity contribution in [3.8, 4) is 0 Å². The number of sulfonamides is 1. The van der Waals surface area contributed by atoms with Gasteiger partial charge in [-0.15, -0.1) is 0 Å². The van der Waals surface area contributed by atoms with Crippen LogP contribution < -0.4 is 10.5 Å². The van der Waals surface area contributed by atoms with Crippen molar-refractivity contribution in [2.45, 2.75) is 18.4 Å². The predicted octanol–water partition coefficient (Wildman–Crippen LogP) is 1.75. The number of rotatable bonds is 4. The zero-order valence-corrected chi connectivity index (χ0v) is 12.6. The molecule has 1 heterocycles. The van der Waals surface area contributed by atoms with Crippen molar-refractivity contribution in [2.75, 3.05) is 5.73 Å². The molecule has 10 heteroatoms. The summed E-state index contributed by atoms with van der Waals surface area (Å²) in [6.45, 7) is 1.45. The molecular weight excluding hydrogens is 327 g/mol. The third kappa shape index (κ3) is 3.21. The number of nitrogen functional groups attached to an aromatic ring is 1. The van der Waals surface area contributed by atoms with Crippen molar-refractivity contribution in [1.29, 1.82) is 0 Å². The fraction of sp³-hybridized carbons (Fsp3) is 0.200. The summed E-state index contributed by atoms with van der Waals surface area (Å²) >= 11 is 11.7. The third-order valence-electron chi connectivity index (χ3n) is 2.27. The Hall–Kier alpha value is -1.35. The highest BCUT2D eigenvalue weighted by Gasteiger charge is 2.23. The topological polar surface area (TPSA) is 111 Å². The summed E-state index contributed by atoms with van der Waals surface area (Å²) in [5, 5.41) is 3.42. The average Bonchev–Trinajstić information content (AvgIpc) is 2.71. The smallest absolute Gasteiger partial charge is 0.244 e. The Morgan fingerprint density at radius 3 is 2.45 bits per heavy atom. The van der Waals surface area contributed by atoms with Crippen LogP contribution in [0.1, 0.15) is 11.7 Å².